The molecule has 0 aliphatic heterocycles. The lowest BCUT2D eigenvalue weighted by atomic mass is 10.3. The van der Waals surface area contributed by atoms with Crippen molar-refractivity contribution in [2.45, 2.75) is 13.3 Å². The second-order valence-electron chi connectivity index (χ2n) is 3.78. The highest BCUT2D eigenvalue weighted by Gasteiger charge is 2.06. The van der Waals surface area contributed by atoms with E-state index in [2.05, 4.69) is 55.1 Å². The topological polar surface area (TPSA) is 62.7 Å². The maximum absolute atomic E-state index is 5.89. The van der Waals surface area contributed by atoms with Gasteiger partial charge in [-0.1, -0.05) is 19.1 Å². The van der Waals surface area contributed by atoms with E-state index < -0.39 is 0 Å². The molecule has 2 aromatic rings. The molecule has 0 aliphatic carbocycles. The first-order valence-electron chi connectivity index (χ1n) is 5.86. The molecule has 0 atom stereocenters. The molecule has 0 aliphatic rings. The van der Waals surface area contributed by atoms with Crippen LogP contribution in [0.15, 0.2) is 24.3 Å². The summed E-state index contributed by atoms with van der Waals surface area (Å²) in [6, 6.07) is 7.88. The van der Waals surface area contributed by atoms with Gasteiger partial charge in [-0.2, -0.15) is 15.0 Å². The molecule has 100 valence electrons. The molecule has 0 bridgehead atoms. The Morgan fingerprint density at radius 1 is 1.16 bits per heavy atom. The minimum Gasteiger partial charge on any atom is -0.354 e. The molecule has 1 aromatic carbocycles. The normalized spacial score (nSPS) is 10.3. The summed E-state index contributed by atoms with van der Waals surface area (Å²) in [5.41, 5.74) is 0.937. The van der Waals surface area contributed by atoms with Crippen molar-refractivity contribution in [3.05, 3.63) is 33.1 Å². The van der Waals surface area contributed by atoms with E-state index in [4.69, 9.17) is 11.6 Å². The Morgan fingerprint density at radius 2 is 1.89 bits per heavy atom. The van der Waals surface area contributed by atoms with Gasteiger partial charge in [-0.3, -0.25) is 0 Å². The number of rotatable bonds is 5. The number of nitrogens with one attached hydrogen (secondary N) is 2. The van der Waals surface area contributed by atoms with Gasteiger partial charge in [-0.25, -0.2) is 0 Å². The Balaban J connectivity index is 2.20. The molecule has 0 saturated heterocycles. The maximum atomic E-state index is 5.89. The van der Waals surface area contributed by atoms with Crippen LogP contribution in [0.25, 0.3) is 0 Å². The average Bonchev–Trinajstić information content (AvgIpc) is 2.38. The number of hydrogen-bond donors (Lipinski definition) is 2. The molecule has 2 rings (SSSR count). The predicted molar refractivity (Wildman–Crippen MR) is 86.1 cm³/mol. The lowest BCUT2D eigenvalue weighted by Crippen LogP contribution is -2.08. The minimum atomic E-state index is 0.169. The van der Waals surface area contributed by atoms with Crippen LogP contribution in [0.3, 0.4) is 0 Å². The lowest BCUT2D eigenvalue weighted by Gasteiger charge is -2.08. The Hall–Kier alpha value is -1.15. The van der Waals surface area contributed by atoms with Gasteiger partial charge < -0.3 is 10.6 Å². The average molecular weight is 390 g/mol. The molecule has 0 saturated carbocycles. The van der Waals surface area contributed by atoms with E-state index in [1.807, 2.05) is 24.3 Å². The SMILES string of the molecule is CCCNc1nc(Cl)nc(Nc2ccccc2I)n1. The van der Waals surface area contributed by atoms with Crippen LogP contribution in [0.4, 0.5) is 17.6 Å². The monoisotopic (exact) mass is 389 g/mol. The number of anilines is 3. The number of nitrogens with zero attached hydrogens (tertiary/aromatic N) is 3. The van der Waals surface area contributed by atoms with Crippen LogP contribution >= 0.6 is 34.2 Å². The van der Waals surface area contributed by atoms with Gasteiger partial charge in [0.1, 0.15) is 0 Å². The van der Waals surface area contributed by atoms with Crippen molar-refractivity contribution in [3.63, 3.8) is 0 Å². The van der Waals surface area contributed by atoms with Gasteiger partial charge >= 0.3 is 0 Å². The zero-order valence-corrected chi connectivity index (χ0v) is 13.2. The van der Waals surface area contributed by atoms with E-state index in [-0.39, 0.29) is 5.28 Å². The second kappa shape index (κ2) is 6.85. The largest absolute Gasteiger partial charge is 0.354 e. The molecule has 1 heterocycles. The fraction of sp³-hybridized carbons (Fsp3) is 0.250. The Kier molecular flexibility index (Phi) is 5.15. The van der Waals surface area contributed by atoms with Crippen LogP contribution in [0.5, 0.6) is 0 Å². The van der Waals surface area contributed by atoms with Crippen molar-refractivity contribution in [2.24, 2.45) is 0 Å². The summed E-state index contributed by atoms with van der Waals surface area (Å²) in [4.78, 5) is 12.4. The Morgan fingerprint density at radius 3 is 2.63 bits per heavy atom. The maximum Gasteiger partial charge on any atom is 0.233 e. The molecule has 19 heavy (non-hydrogen) atoms. The molecule has 1 aromatic heterocycles. The highest BCUT2D eigenvalue weighted by molar-refractivity contribution is 14.1. The number of hydrogen-bond acceptors (Lipinski definition) is 5. The van der Waals surface area contributed by atoms with Gasteiger partial charge in [0.2, 0.25) is 17.2 Å². The number of aromatic nitrogens is 3. The summed E-state index contributed by atoms with van der Waals surface area (Å²) < 4.78 is 1.08. The predicted octanol–water partition coefficient (Wildman–Crippen LogP) is 3.70. The molecule has 0 radical (unpaired) electrons. The van der Waals surface area contributed by atoms with Crippen molar-refractivity contribution in [1.29, 1.82) is 0 Å². The zero-order chi connectivity index (χ0) is 13.7. The van der Waals surface area contributed by atoms with Crippen LogP contribution in [-0.2, 0) is 0 Å². The van der Waals surface area contributed by atoms with Crippen molar-refractivity contribution >= 4 is 51.8 Å². The first-order valence-corrected chi connectivity index (χ1v) is 7.31. The molecule has 0 amide bonds. The van der Waals surface area contributed by atoms with Crippen molar-refractivity contribution in [3.8, 4) is 0 Å². The van der Waals surface area contributed by atoms with Crippen LogP contribution in [0.2, 0.25) is 5.28 Å². The number of para-hydroxylation sites is 1. The molecule has 0 fully saturated rings. The van der Waals surface area contributed by atoms with E-state index in [1.54, 1.807) is 0 Å². The second-order valence-corrected chi connectivity index (χ2v) is 5.28. The van der Waals surface area contributed by atoms with Crippen molar-refractivity contribution < 1.29 is 0 Å². The zero-order valence-electron chi connectivity index (χ0n) is 10.3. The van der Waals surface area contributed by atoms with Crippen LogP contribution in [0.1, 0.15) is 13.3 Å². The van der Waals surface area contributed by atoms with Gasteiger partial charge in [0.25, 0.3) is 0 Å². The number of benzene rings is 1. The van der Waals surface area contributed by atoms with E-state index in [9.17, 15) is 0 Å². The standard InChI is InChI=1S/C12H13ClIN5/c1-2-7-15-11-17-10(13)18-12(19-11)16-9-6-4-3-5-8(9)14/h3-6H,2,7H2,1H3,(H2,15,16,17,18,19). The van der Waals surface area contributed by atoms with Crippen molar-refractivity contribution in [1.82, 2.24) is 15.0 Å². The molecule has 0 spiro atoms. The molecular formula is C12H13ClIN5. The van der Waals surface area contributed by atoms with Crippen LogP contribution in [-0.4, -0.2) is 21.5 Å². The fourth-order valence-electron chi connectivity index (χ4n) is 1.40. The molecule has 7 heteroatoms. The summed E-state index contributed by atoms with van der Waals surface area (Å²) in [7, 11) is 0. The Labute approximate surface area is 130 Å². The third-order valence-corrected chi connectivity index (χ3v) is 3.37. The minimum absolute atomic E-state index is 0.169. The molecule has 0 unspecified atom stereocenters. The van der Waals surface area contributed by atoms with Gasteiger partial charge in [0, 0.05) is 10.1 Å². The number of halogens is 2. The van der Waals surface area contributed by atoms with Gasteiger partial charge in [-0.15, -0.1) is 0 Å². The fourth-order valence-corrected chi connectivity index (χ4v) is 2.09. The molecule has 5 nitrogen and oxygen atoms in total. The lowest BCUT2D eigenvalue weighted by molar-refractivity contribution is 0.940. The summed E-state index contributed by atoms with van der Waals surface area (Å²) in [6.45, 7) is 2.87. The van der Waals surface area contributed by atoms with E-state index in [0.717, 1.165) is 22.2 Å². The van der Waals surface area contributed by atoms with E-state index in [0.29, 0.717) is 11.9 Å². The van der Waals surface area contributed by atoms with E-state index in [1.165, 1.54) is 0 Å². The van der Waals surface area contributed by atoms with Gasteiger partial charge in [0.15, 0.2) is 0 Å². The molecular weight excluding hydrogens is 377 g/mol. The Bertz CT molecular complexity index is 564. The van der Waals surface area contributed by atoms with Gasteiger partial charge in [0.05, 0.1) is 5.69 Å². The first-order chi connectivity index (χ1) is 9.19. The quantitative estimate of drug-likeness (QED) is 0.764. The summed E-state index contributed by atoms with van der Waals surface area (Å²) in [5, 5.41) is 6.39. The van der Waals surface area contributed by atoms with Gasteiger partial charge in [-0.05, 0) is 52.7 Å². The van der Waals surface area contributed by atoms with Crippen LogP contribution < -0.4 is 10.6 Å². The highest BCUT2D eigenvalue weighted by atomic mass is 127. The smallest absolute Gasteiger partial charge is 0.233 e. The van der Waals surface area contributed by atoms with Crippen LogP contribution in [0, 0.1) is 3.57 Å². The summed E-state index contributed by atoms with van der Waals surface area (Å²) >= 11 is 8.14. The highest BCUT2D eigenvalue weighted by Crippen LogP contribution is 2.21. The first kappa shape index (κ1) is 14.3. The third kappa shape index (κ3) is 4.17. The van der Waals surface area contributed by atoms with E-state index >= 15 is 0 Å². The summed E-state index contributed by atoms with van der Waals surface area (Å²) in [5.74, 6) is 0.915. The molecule has 2 N–H and O–H groups in total. The third-order valence-electron chi connectivity index (χ3n) is 2.26. The van der Waals surface area contributed by atoms with Crippen molar-refractivity contribution in [2.75, 3.05) is 17.2 Å². The summed E-state index contributed by atoms with van der Waals surface area (Å²) in [6.07, 6.45) is 0.989.